The fourth-order valence-electron chi connectivity index (χ4n) is 4.00. The first-order chi connectivity index (χ1) is 16.4. The molecule has 1 unspecified atom stereocenters. The maximum atomic E-state index is 13.4. The quantitative estimate of drug-likeness (QED) is 0.381. The number of hydrogen-bond donors (Lipinski definition) is 1. The first kappa shape index (κ1) is 25.8. The number of aryl methyl sites for hydroxylation is 1. The summed E-state index contributed by atoms with van der Waals surface area (Å²) in [7, 11) is 2.13. The lowest BCUT2D eigenvalue weighted by Crippen LogP contribution is -2.32. The van der Waals surface area contributed by atoms with Crippen molar-refractivity contribution in [3.05, 3.63) is 46.6 Å². The van der Waals surface area contributed by atoms with E-state index in [4.69, 9.17) is 4.74 Å². The van der Waals surface area contributed by atoms with Crippen molar-refractivity contribution in [2.75, 3.05) is 45.2 Å². The third-order valence-electron chi connectivity index (χ3n) is 5.70. The van der Waals surface area contributed by atoms with Gasteiger partial charge in [-0.05, 0) is 51.4 Å². The van der Waals surface area contributed by atoms with Gasteiger partial charge < -0.3 is 15.0 Å². The number of hydrogen-bond acceptors (Lipinski definition) is 7. The summed E-state index contributed by atoms with van der Waals surface area (Å²) in [5.41, 5.74) is 3.89. The first-order valence-electron chi connectivity index (χ1n) is 12.3. The van der Waals surface area contributed by atoms with E-state index in [1.807, 2.05) is 31.3 Å². The zero-order chi connectivity index (χ0) is 24.5. The standard InChI is InChI=1S/C26H38N6O2/c1-6-10-31(5)18-19(3)15-28-25-26(33)32(11-13-34-12-7-2)23-14-22(17-29-24(23)30-25)21-9-8-20(4)27-16-21/h8-9,14,16-17,19H,6-7,10-13,15,18H2,1-5H3,(H,28,29,30). The van der Waals surface area contributed by atoms with Crippen molar-refractivity contribution in [3.8, 4) is 11.1 Å². The Morgan fingerprint density at radius 1 is 1.12 bits per heavy atom. The molecule has 0 aliphatic carbocycles. The van der Waals surface area contributed by atoms with Gasteiger partial charge in [0.05, 0.1) is 12.1 Å². The lowest BCUT2D eigenvalue weighted by atomic mass is 10.1. The first-order valence-corrected chi connectivity index (χ1v) is 12.3. The lowest BCUT2D eigenvalue weighted by molar-refractivity contribution is 0.127. The third kappa shape index (κ3) is 6.84. The van der Waals surface area contributed by atoms with Crippen molar-refractivity contribution in [2.24, 2.45) is 5.92 Å². The van der Waals surface area contributed by atoms with Gasteiger partial charge in [-0.2, -0.15) is 0 Å². The molecule has 3 heterocycles. The van der Waals surface area contributed by atoms with E-state index in [2.05, 4.69) is 53.0 Å². The molecular weight excluding hydrogens is 428 g/mol. The molecule has 0 saturated carbocycles. The molecule has 0 aliphatic heterocycles. The van der Waals surface area contributed by atoms with E-state index in [1.54, 1.807) is 10.8 Å². The minimum Gasteiger partial charge on any atom is -0.380 e. The molecule has 0 radical (unpaired) electrons. The van der Waals surface area contributed by atoms with Crippen LogP contribution in [-0.4, -0.2) is 64.3 Å². The summed E-state index contributed by atoms with van der Waals surface area (Å²) < 4.78 is 7.42. The molecule has 0 aliphatic rings. The number of pyridine rings is 2. The monoisotopic (exact) mass is 466 g/mol. The summed E-state index contributed by atoms with van der Waals surface area (Å²) in [5.74, 6) is 0.712. The van der Waals surface area contributed by atoms with Crippen molar-refractivity contribution >= 4 is 17.0 Å². The van der Waals surface area contributed by atoms with E-state index in [0.29, 0.717) is 49.2 Å². The molecule has 1 atom stereocenters. The normalized spacial score (nSPS) is 12.4. The van der Waals surface area contributed by atoms with Gasteiger partial charge in [-0.15, -0.1) is 0 Å². The molecule has 0 spiro atoms. The highest BCUT2D eigenvalue weighted by atomic mass is 16.5. The van der Waals surface area contributed by atoms with Gasteiger partial charge in [-0.3, -0.25) is 14.3 Å². The van der Waals surface area contributed by atoms with Crippen LogP contribution in [0, 0.1) is 12.8 Å². The highest BCUT2D eigenvalue weighted by molar-refractivity contribution is 5.78. The molecule has 8 heteroatoms. The van der Waals surface area contributed by atoms with Gasteiger partial charge in [-0.25, -0.2) is 9.97 Å². The molecule has 0 aromatic carbocycles. The minimum absolute atomic E-state index is 0.150. The summed E-state index contributed by atoms with van der Waals surface area (Å²) in [4.78, 5) is 29.3. The van der Waals surface area contributed by atoms with Gasteiger partial charge in [0.15, 0.2) is 11.5 Å². The Morgan fingerprint density at radius 2 is 1.91 bits per heavy atom. The Bertz CT molecular complexity index is 1110. The smallest absolute Gasteiger partial charge is 0.293 e. The van der Waals surface area contributed by atoms with Crippen LogP contribution in [0.5, 0.6) is 0 Å². The highest BCUT2D eigenvalue weighted by Crippen LogP contribution is 2.22. The third-order valence-corrected chi connectivity index (χ3v) is 5.70. The second-order valence-electron chi connectivity index (χ2n) is 9.03. The Balaban J connectivity index is 1.91. The zero-order valence-corrected chi connectivity index (χ0v) is 21.2. The molecule has 8 nitrogen and oxygen atoms in total. The van der Waals surface area contributed by atoms with Crippen LogP contribution in [0.4, 0.5) is 5.82 Å². The van der Waals surface area contributed by atoms with Crippen LogP contribution in [0.1, 0.15) is 39.3 Å². The van der Waals surface area contributed by atoms with Gasteiger partial charge in [0.25, 0.3) is 5.56 Å². The summed E-state index contributed by atoms with van der Waals surface area (Å²) in [6.45, 7) is 12.6. The molecule has 34 heavy (non-hydrogen) atoms. The Hall–Kier alpha value is -2.84. The molecule has 0 saturated heterocycles. The van der Waals surface area contributed by atoms with Gasteiger partial charge in [-0.1, -0.05) is 26.8 Å². The Labute approximate surface area is 202 Å². The van der Waals surface area contributed by atoms with Crippen LogP contribution in [0.15, 0.2) is 35.4 Å². The predicted octanol–water partition coefficient (Wildman–Crippen LogP) is 3.98. The van der Waals surface area contributed by atoms with Gasteiger partial charge in [0.1, 0.15) is 0 Å². The van der Waals surface area contributed by atoms with Crippen molar-refractivity contribution in [2.45, 2.75) is 47.1 Å². The van der Waals surface area contributed by atoms with E-state index >= 15 is 0 Å². The van der Waals surface area contributed by atoms with E-state index in [9.17, 15) is 4.79 Å². The maximum Gasteiger partial charge on any atom is 0.293 e. The average Bonchev–Trinajstić information content (AvgIpc) is 2.82. The summed E-state index contributed by atoms with van der Waals surface area (Å²) in [6, 6.07) is 5.95. The molecule has 184 valence electrons. The Kier molecular flexibility index (Phi) is 9.53. The molecule has 3 aromatic rings. The fourth-order valence-corrected chi connectivity index (χ4v) is 4.00. The number of nitrogens with zero attached hydrogens (tertiary/aromatic N) is 5. The van der Waals surface area contributed by atoms with E-state index in [0.717, 1.165) is 42.8 Å². The molecule has 1 N–H and O–H groups in total. The molecule has 0 fully saturated rings. The zero-order valence-electron chi connectivity index (χ0n) is 21.2. The highest BCUT2D eigenvalue weighted by Gasteiger charge is 2.15. The van der Waals surface area contributed by atoms with E-state index in [1.165, 1.54) is 0 Å². The molecule has 3 aromatic heterocycles. The topological polar surface area (TPSA) is 85.2 Å². The summed E-state index contributed by atoms with van der Waals surface area (Å²) >= 11 is 0. The second kappa shape index (κ2) is 12.6. The SMILES string of the molecule is CCCOCCn1c(=O)c(NCC(C)CN(C)CCC)nc2ncc(-c3ccc(C)nc3)cc21. The lowest BCUT2D eigenvalue weighted by Gasteiger charge is -2.21. The van der Waals surface area contributed by atoms with Crippen LogP contribution in [0.2, 0.25) is 0 Å². The van der Waals surface area contributed by atoms with Crippen molar-refractivity contribution in [1.82, 2.24) is 24.4 Å². The largest absolute Gasteiger partial charge is 0.380 e. The second-order valence-corrected chi connectivity index (χ2v) is 9.03. The maximum absolute atomic E-state index is 13.4. The van der Waals surface area contributed by atoms with Gasteiger partial charge >= 0.3 is 0 Å². The van der Waals surface area contributed by atoms with Crippen LogP contribution >= 0.6 is 0 Å². The number of fused-ring (bicyclic) bond motifs is 1. The van der Waals surface area contributed by atoms with E-state index in [-0.39, 0.29) is 5.56 Å². The summed E-state index contributed by atoms with van der Waals surface area (Å²) in [5, 5.41) is 3.28. The number of aromatic nitrogens is 4. The summed E-state index contributed by atoms with van der Waals surface area (Å²) in [6.07, 6.45) is 5.68. The number of rotatable bonds is 13. The average molecular weight is 467 g/mol. The predicted molar refractivity (Wildman–Crippen MR) is 138 cm³/mol. The Morgan fingerprint density at radius 3 is 2.62 bits per heavy atom. The van der Waals surface area contributed by atoms with Crippen LogP contribution in [0.25, 0.3) is 22.3 Å². The van der Waals surface area contributed by atoms with E-state index < -0.39 is 0 Å². The van der Waals surface area contributed by atoms with Crippen molar-refractivity contribution in [3.63, 3.8) is 0 Å². The molecular formula is C26H38N6O2. The van der Waals surface area contributed by atoms with Crippen molar-refractivity contribution in [1.29, 1.82) is 0 Å². The van der Waals surface area contributed by atoms with Crippen LogP contribution < -0.4 is 10.9 Å². The van der Waals surface area contributed by atoms with Crippen LogP contribution in [-0.2, 0) is 11.3 Å². The fraction of sp³-hybridized carbons (Fsp3) is 0.538. The van der Waals surface area contributed by atoms with Crippen LogP contribution in [0.3, 0.4) is 0 Å². The molecule has 3 rings (SSSR count). The number of nitrogens with one attached hydrogen (secondary N) is 1. The molecule has 0 bridgehead atoms. The molecule has 0 amide bonds. The van der Waals surface area contributed by atoms with Gasteiger partial charge in [0, 0.05) is 55.5 Å². The minimum atomic E-state index is -0.150. The number of ether oxygens (including phenoxy) is 1. The van der Waals surface area contributed by atoms with Crippen molar-refractivity contribution < 1.29 is 4.74 Å². The number of anilines is 1. The van der Waals surface area contributed by atoms with Gasteiger partial charge in [0.2, 0.25) is 0 Å².